The number of fused-ring (bicyclic) bond motifs is 2. The Morgan fingerprint density at radius 1 is 1.42 bits per heavy atom. The molecule has 4 rings (SSSR count). The number of hydrogen-bond acceptors (Lipinski definition) is 2. The second-order valence-electron chi connectivity index (χ2n) is 6.19. The summed E-state index contributed by atoms with van der Waals surface area (Å²) in [5.74, 6) is 0.991. The van der Waals surface area contributed by atoms with Crippen LogP contribution < -0.4 is 0 Å². The van der Waals surface area contributed by atoms with Crippen LogP contribution in [0.4, 0.5) is 0 Å². The van der Waals surface area contributed by atoms with Crippen molar-refractivity contribution in [3.8, 4) is 0 Å². The molecule has 3 heteroatoms. The average Bonchev–Trinajstić information content (AvgIpc) is 2.85. The van der Waals surface area contributed by atoms with E-state index in [1.54, 1.807) is 0 Å². The zero-order valence-corrected chi connectivity index (χ0v) is 11.3. The predicted octanol–water partition coefficient (Wildman–Crippen LogP) is 2.12. The topological polar surface area (TPSA) is 39.3 Å². The van der Waals surface area contributed by atoms with Crippen molar-refractivity contribution in [1.29, 1.82) is 0 Å². The van der Waals surface area contributed by atoms with Gasteiger partial charge in [0.15, 0.2) is 0 Å². The van der Waals surface area contributed by atoms with Gasteiger partial charge < -0.3 is 15.0 Å². The molecule has 0 amide bonds. The minimum Gasteiger partial charge on any atom is -0.396 e. The molecule has 0 unspecified atom stereocenters. The van der Waals surface area contributed by atoms with Crippen molar-refractivity contribution < 1.29 is 5.11 Å². The lowest BCUT2D eigenvalue weighted by Crippen LogP contribution is -2.48. The van der Waals surface area contributed by atoms with Crippen LogP contribution in [0.2, 0.25) is 0 Å². The smallest absolute Gasteiger partial charge is 0.0471 e. The number of benzene rings is 1. The van der Waals surface area contributed by atoms with Gasteiger partial charge in [0.05, 0.1) is 0 Å². The molecule has 0 bridgehead atoms. The minimum atomic E-state index is 0.309. The molecule has 3 atom stereocenters. The van der Waals surface area contributed by atoms with Crippen molar-refractivity contribution >= 4 is 10.9 Å². The maximum absolute atomic E-state index is 9.52. The van der Waals surface area contributed by atoms with E-state index in [2.05, 4.69) is 41.3 Å². The van der Waals surface area contributed by atoms with Gasteiger partial charge in [-0.25, -0.2) is 0 Å². The number of aromatic amines is 1. The molecular weight excluding hydrogens is 236 g/mol. The van der Waals surface area contributed by atoms with Crippen molar-refractivity contribution in [2.75, 3.05) is 20.2 Å². The van der Waals surface area contributed by atoms with E-state index in [0.717, 1.165) is 19.4 Å². The van der Waals surface area contributed by atoms with Crippen molar-refractivity contribution in [3.63, 3.8) is 0 Å². The summed E-state index contributed by atoms with van der Waals surface area (Å²) in [4.78, 5) is 5.85. The van der Waals surface area contributed by atoms with E-state index in [1.165, 1.54) is 22.0 Å². The summed E-state index contributed by atoms with van der Waals surface area (Å²) >= 11 is 0. The molecule has 1 aliphatic carbocycles. The fourth-order valence-corrected chi connectivity index (χ4v) is 4.19. The number of nitrogens with one attached hydrogen (secondary N) is 1. The Bertz CT molecular complexity index is 618. The number of likely N-dealkylation sites (N-methyl/N-ethyl adjacent to an activating group) is 1. The number of nitrogens with zero attached hydrogens (tertiary/aromatic N) is 1. The number of rotatable bonds is 1. The van der Waals surface area contributed by atoms with Gasteiger partial charge in [-0.3, -0.25) is 0 Å². The number of H-pyrrole nitrogens is 1. The molecule has 2 N–H and O–H groups in total. The molecular formula is C16H20N2O. The molecule has 19 heavy (non-hydrogen) atoms. The largest absolute Gasteiger partial charge is 0.396 e. The van der Waals surface area contributed by atoms with Crippen LogP contribution in [-0.4, -0.2) is 41.2 Å². The van der Waals surface area contributed by atoms with E-state index in [-0.39, 0.29) is 0 Å². The Morgan fingerprint density at radius 2 is 2.32 bits per heavy atom. The Labute approximate surface area is 113 Å². The zero-order valence-electron chi connectivity index (χ0n) is 11.3. The Hall–Kier alpha value is -1.32. The first kappa shape index (κ1) is 11.5. The highest BCUT2D eigenvalue weighted by molar-refractivity contribution is 5.88. The number of aliphatic hydroxyl groups excluding tert-OH is 1. The first-order valence-corrected chi connectivity index (χ1v) is 7.18. The molecule has 0 radical (unpaired) electrons. The summed E-state index contributed by atoms with van der Waals surface area (Å²) in [5.41, 5.74) is 4.20. The fraction of sp³-hybridized carbons (Fsp3) is 0.500. The van der Waals surface area contributed by atoms with E-state index in [9.17, 15) is 5.11 Å². The lowest BCUT2D eigenvalue weighted by atomic mass is 9.72. The molecule has 1 aliphatic heterocycles. The lowest BCUT2D eigenvalue weighted by Gasteiger charge is -2.45. The van der Waals surface area contributed by atoms with E-state index in [1.807, 2.05) is 0 Å². The molecule has 0 saturated carbocycles. The summed E-state index contributed by atoms with van der Waals surface area (Å²) < 4.78 is 0. The Kier molecular flexibility index (Phi) is 2.47. The Balaban J connectivity index is 1.86. The molecule has 2 heterocycles. The van der Waals surface area contributed by atoms with Gasteiger partial charge in [-0.1, -0.05) is 12.1 Å². The maximum atomic E-state index is 9.52. The first-order chi connectivity index (χ1) is 9.28. The van der Waals surface area contributed by atoms with Crippen molar-refractivity contribution in [1.82, 2.24) is 9.88 Å². The van der Waals surface area contributed by atoms with Gasteiger partial charge in [-0.05, 0) is 43.0 Å². The highest BCUT2D eigenvalue weighted by Gasteiger charge is 2.38. The molecule has 1 aromatic carbocycles. The molecule has 2 aromatic rings. The SMILES string of the molecule is CN1C[C@H](CO)C[C@@H]2c3cccc4[nH]cc(c34)C[C@@H]21. The van der Waals surface area contributed by atoms with Gasteiger partial charge >= 0.3 is 0 Å². The fourth-order valence-electron chi connectivity index (χ4n) is 4.19. The van der Waals surface area contributed by atoms with Crippen molar-refractivity contribution in [2.24, 2.45) is 5.92 Å². The third-order valence-electron chi connectivity index (χ3n) is 5.07. The van der Waals surface area contributed by atoms with Gasteiger partial charge in [0.2, 0.25) is 0 Å². The molecule has 0 spiro atoms. The summed E-state index contributed by atoms with van der Waals surface area (Å²) in [6.07, 6.45) is 4.43. The van der Waals surface area contributed by atoms with Crippen LogP contribution in [-0.2, 0) is 6.42 Å². The average molecular weight is 256 g/mol. The van der Waals surface area contributed by atoms with Crippen LogP contribution in [0.5, 0.6) is 0 Å². The van der Waals surface area contributed by atoms with Crippen LogP contribution in [0.15, 0.2) is 24.4 Å². The van der Waals surface area contributed by atoms with Gasteiger partial charge in [0.25, 0.3) is 0 Å². The highest BCUT2D eigenvalue weighted by Crippen LogP contribution is 2.44. The minimum absolute atomic E-state index is 0.309. The lowest BCUT2D eigenvalue weighted by molar-refractivity contribution is 0.0772. The van der Waals surface area contributed by atoms with Gasteiger partial charge in [0, 0.05) is 42.2 Å². The van der Waals surface area contributed by atoms with Crippen LogP contribution in [0.3, 0.4) is 0 Å². The molecule has 2 aliphatic rings. The molecule has 100 valence electrons. The summed E-state index contributed by atoms with van der Waals surface area (Å²) in [7, 11) is 2.21. The van der Waals surface area contributed by atoms with Crippen LogP contribution in [0.1, 0.15) is 23.5 Å². The molecule has 1 aromatic heterocycles. The van der Waals surface area contributed by atoms with Gasteiger partial charge in [0.1, 0.15) is 0 Å². The number of aliphatic hydroxyl groups is 1. The standard InChI is InChI=1S/C16H20N2O/c1-18-8-10(9-19)5-13-12-3-2-4-14-16(12)11(7-17-14)6-15(13)18/h2-4,7,10,13,15,17,19H,5-6,8-9H2,1H3/t10-,13-,15+/m1/s1. The monoisotopic (exact) mass is 256 g/mol. The molecule has 1 saturated heterocycles. The second-order valence-corrected chi connectivity index (χ2v) is 6.19. The van der Waals surface area contributed by atoms with Gasteiger partial charge in [-0.2, -0.15) is 0 Å². The summed E-state index contributed by atoms with van der Waals surface area (Å²) in [6.45, 7) is 1.33. The summed E-state index contributed by atoms with van der Waals surface area (Å²) in [6, 6.07) is 7.20. The molecule has 3 nitrogen and oxygen atoms in total. The van der Waals surface area contributed by atoms with Crippen molar-refractivity contribution in [3.05, 3.63) is 35.5 Å². The van der Waals surface area contributed by atoms with Crippen molar-refractivity contribution in [2.45, 2.75) is 24.8 Å². The van der Waals surface area contributed by atoms with E-state index < -0.39 is 0 Å². The quantitative estimate of drug-likeness (QED) is 0.820. The number of likely N-dealkylation sites (tertiary alicyclic amines) is 1. The molecule has 1 fully saturated rings. The zero-order chi connectivity index (χ0) is 13.0. The van der Waals surface area contributed by atoms with Crippen LogP contribution in [0.25, 0.3) is 10.9 Å². The third kappa shape index (κ3) is 1.58. The van der Waals surface area contributed by atoms with E-state index in [4.69, 9.17) is 0 Å². The normalized spacial score (nSPS) is 30.5. The maximum Gasteiger partial charge on any atom is 0.0471 e. The number of aromatic nitrogens is 1. The van der Waals surface area contributed by atoms with Gasteiger partial charge in [-0.15, -0.1) is 0 Å². The number of hydrogen-bond donors (Lipinski definition) is 2. The number of piperidine rings is 1. The second kappa shape index (κ2) is 4.09. The van der Waals surface area contributed by atoms with Crippen LogP contribution in [0, 0.1) is 5.92 Å². The highest BCUT2D eigenvalue weighted by atomic mass is 16.3. The Morgan fingerprint density at radius 3 is 3.16 bits per heavy atom. The first-order valence-electron chi connectivity index (χ1n) is 7.18. The van der Waals surface area contributed by atoms with E-state index >= 15 is 0 Å². The van der Waals surface area contributed by atoms with Crippen LogP contribution >= 0.6 is 0 Å². The third-order valence-corrected chi connectivity index (χ3v) is 5.07. The van der Waals surface area contributed by atoms with E-state index in [0.29, 0.717) is 24.5 Å². The summed E-state index contributed by atoms with van der Waals surface area (Å²) in [5, 5.41) is 11.0. The predicted molar refractivity (Wildman–Crippen MR) is 76.4 cm³/mol.